The second-order valence-corrected chi connectivity index (χ2v) is 8.77. The number of aryl methyl sites for hydroxylation is 1. The van der Waals surface area contributed by atoms with Crippen molar-refractivity contribution in [2.75, 3.05) is 34.4 Å². The Morgan fingerprint density at radius 1 is 1.12 bits per heavy atom. The molecular weight excluding hydrogens is 422 g/mol. The fourth-order valence-corrected chi connectivity index (χ4v) is 4.69. The number of ether oxygens (including phenoxy) is 4. The molecule has 1 atom stereocenters. The Hall–Kier alpha value is -3.19. The van der Waals surface area contributed by atoms with Crippen LogP contribution in [-0.4, -0.2) is 50.2 Å². The molecule has 0 spiro atoms. The van der Waals surface area contributed by atoms with E-state index in [1.54, 1.807) is 45.6 Å². The number of ketones is 1. The highest BCUT2D eigenvalue weighted by Gasteiger charge is 2.34. The van der Waals surface area contributed by atoms with Crippen molar-refractivity contribution >= 4 is 11.9 Å². The fraction of sp³-hybridized carbons (Fsp3) is 0.423. The predicted octanol–water partition coefficient (Wildman–Crippen LogP) is 4.57. The third kappa shape index (κ3) is 4.37. The van der Waals surface area contributed by atoms with Crippen LogP contribution in [0.1, 0.15) is 46.8 Å². The standard InChI is InChI=1S/C26H31NO6/c1-15-7-6-8-27(13-15)14-18-19(28)9-16(2)24-25(29)23(33-26(18)24)11-17-10-21(31-4)22(32-5)12-20(17)30-3/h9-12,15,28H,6-8,13-14H2,1-5H3/b23-11+. The van der Waals surface area contributed by atoms with Crippen molar-refractivity contribution in [3.8, 4) is 28.7 Å². The van der Waals surface area contributed by atoms with E-state index in [0.29, 0.717) is 57.7 Å². The van der Waals surface area contributed by atoms with Gasteiger partial charge in [-0.15, -0.1) is 0 Å². The Morgan fingerprint density at radius 2 is 1.82 bits per heavy atom. The van der Waals surface area contributed by atoms with Crippen LogP contribution in [0.15, 0.2) is 24.0 Å². The van der Waals surface area contributed by atoms with Crippen LogP contribution in [0, 0.1) is 12.8 Å². The Kier molecular flexibility index (Phi) is 6.51. The van der Waals surface area contributed by atoms with Gasteiger partial charge in [0.2, 0.25) is 5.78 Å². The molecule has 2 aliphatic rings. The number of hydrogen-bond acceptors (Lipinski definition) is 7. The number of allylic oxidation sites excluding steroid dienone is 1. The summed E-state index contributed by atoms with van der Waals surface area (Å²) < 4.78 is 22.4. The first-order valence-electron chi connectivity index (χ1n) is 11.2. The van der Waals surface area contributed by atoms with E-state index < -0.39 is 0 Å². The number of benzene rings is 2. The van der Waals surface area contributed by atoms with Crippen molar-refractivity contribution in [3.63, 3.8) is 0 Å². The maximum atomic E-state index is 13.3. The smallest absolute Gasteiger partial charge is 0.232 e. The first-order valence-corrected chi connectivity index (χ1v) is 11.2. The van der Waals surface area contributed by atoms with E-state index in [1.165, 1.54) is 6.42 Å². The zero-order valence-electron chi connectivity index (χ0n) is 19.9. The number of likely N-dealkylation sites (tertiary alicyclic amines) is 1. The average Bonchev–Trinajstić information content (AvgIpc) is 3.12. The summed E-state index contributed by atoms with van der Waals surface area (Å²) in [5.41, 5.74) is 2.46. The van der Waals surface area contributed by atoms with Crippen molar-refractivity contribution in [1.82, 2.24) is 4.90 Å². The van der Waals surface area contributed by atoms with Gasteiger partial charge in [0.1, 0.15) is 17.2 Å². The number of hydrogen-bond donors (Lipinski definition) is 1. The number of rotatable bonds is 6. The molecule has 7 heteroatoms. The summed E-state index contributed by atoms with van der Waals surface area (Å²) >= 11 is 0. The second kappa shape index (κ2) is 9.35. The third-order valence-corrected chi connectivity index (χ3v) is 6.37. The minimum absolute atomic E-state index is 0.155. The molecule has 2 aliphatic heterocycles. The molecule has 0 aliphatic carbocycles. The minimum atomic E-state index is -0.215. The van der Waals surface area contributed by atoms with Gasteiger partial charge in [-0.25, -0.2) is 0 Å². The first kappa shape index (κ1) is 23.0. The van der Waals surface area contributed by atoms with Crippen molar-refractivity contribution in [2.24, 2.45) is 5.92 Å². The lowest BCUT2D eigenvalue weighted by molar-refractivity contribution is 0.101. The van der Waals surface area contributed by atoms with E-state index in [4.69, 9.17) is 18.9 Å². The topological polar surface area (TPSA) is 77.5 Å². The molecule has 1 unspecified atom stereocenters. The normalized spacial score (nSPS) is 19.4. The highest BCUT2D eigenvalue weighted by Crippen LogP contribution is 2.43. The molecule has 7 nitrogen and oxygen atoms in total. The largest absolute Gasteiger partial charge is 0.507 e. The number of phenolic OH excluding ortho intramolecular Hbond substituents is 1. The number of nitrogens with zero attached hydrogens (tertiary/aromatic N) is 1. The lowest BCUT2D eigenvalue weighted by Crippen LogP contribution is -2.33. The summed E-state index contributed by atoms with van der Waals surface area (Å²) in [4.78, 5) is 15.6. The van der Waals surface area contributed by atoms with Gasteiger partial charge in [0.15, 0.2) is 17.3 Å². The van der Waals surface area contributed by atoms with E-state index in [0.717, 1.165) is 19.5 Å². The van der Waals surface area contributed by atoms with Gasteiger partial charge in [0, 0.05) is 24.7 Å². The predicted molar refractivity (Wildman–Crippen MR) is 126 cm³/mol. The molecule has 4 rings (SSSR count). The molecule has 2 heterocycles. The summed E-state index contributed by atoms with van der Waals surface area (Å²) in [6.07, 6.45) is 3.98. The maximum Gasteiger partial charge on any atom is 0.232 e. The van der Waals surface area contributed by atoms with Crippen LogP contribution in [-0.2, 0) is 6.54 Å². The number of fused-ring (bicyclic) bond motifs is 1. The van der Waals surface area contributed by atoms with Crippen LogP contribution in [0.25, 0.3) is 6.08 Å². The van der Waals surface area contributed by atoms with Gasteiger partial charge in [0.05, 0.1) is 32.5 Å². The number of methoxy groups -OCH3 is 3. The van der Waals surface area contributed by atoms with Crippen LogP contribution in [0.5, 0.6) is 28.7 Å². The Labute approximate surface area is 194 Å². The van der Waals surface area contributed by atoms with Crippen LogP contribution < -0.4 is 18.9 Å². The minimum Gasteiger partial charge on any atom is -0.507 e. The molecule has 0 saturated carbocycles. The molecule has 1 N–H and O–H groups in total. The number of carbonyl (C=O) groups excluding carboxylic acids is 1. The van der Waals surface area contributed by atoms with Crippen molar-refractivity contribution < 1.29 is 28.8 Å². The molecule has 0 aromatic heterocycles. The molecule has 0 amide bonds. The average molecular weight is 454 g/mol. The lowest BCUT2D eigenvalue weighted by atomic mass is 9.97. The van der Waals surface area contributed by atoms with Crippen molar-refractivity contribution in [3.05, 3.63) is 46.2 Å². The van der Waals surface area contributed by atoms with Crippen LogP contribution >= 0.6 is 0 Å². The molecule has 33 heavy (non-hydrogen) atoms. The summed E-state index contributed by atoms with van der Waals surface area (Å²) in [5, 5.41) is 10.7. The Morgan fingerprint density at radius 3 is 2.48 bits per heavy atom. The molecule has 1 fully saturated rings. The van der Waals surface area contributed by atoms with Crippen LogP contribution in [0.2, 0.25) is 0 Å². The number of piperidine rings is 1. The summed E-state index contributed by atoms with van der Waals surface area (Å²) in [7, 11) is 4.65. The van der Waals surface area contributed by atoms with Gasteiger partial charge >= 0.3 is 0 Å². The van der Waals surface area contributed by atoms with Gasteiger partial charge in [-0.1, -0.05) is 6.92 Å². The van der Waals surface area contributed by atoms with E-state index in [-0.39, 0.29) is 17.3 Å². The first-order chi connectivity index (χ1) is 15.9. The molecular formula is C26H31NO6. The zero-order valence-corrected chi connectivity index (χ0v) is 19.9. The third-order valence-electron chi connectivity index (χ3n) is 6.37. The SMILES string of the molecule is COc1cc(OC)c(OC)cc1/C=C1/Oc2c(CN3CCCC(C)C3)c(O)cc(C)c2C1=O. The number of carbonyl (C=O) groups is 1. The fourth-order valence-electron chi connectivity index (χ4n) is 4.69. The van der Waals surface area contributed by atoms with Crippen LogP contribution in [0.4, 0.5) is 0 Å². The van der Waals surface area contributed by atoms with Crippen molar-refractivity contribution in [2.45, 2.75) is 33.2 Å². The summed E-state index contributed by atoms with van der Waals surface area (Å²) in [6, 6.07) is 5.10. The summed E-state index contributed by atoms with van der Waals surface area (Å²) in [6.45, 7) is 6.52. The molecule has 1 saturated heterocycles. The molecule has 0 radical (unpaired) electrons. The summed E-state index contributed by atoms with van der Waals surface area (Å²) in [5.74, 6) is 2.73. The monoisotopic (exact) mass is 453 g/mol. The van der Waals surface area contributed by atoms with Gasteiger partial charge in [-0.3, -0.25) is 9.69 Å². The van der Waals surface area contributed by atoms with E-state index >= 15 is 0 Å². The number of aromatic hydroxyl groups is 1. The molecule has 0 bridgehead atoms. The number of phenols is 1. The highest BCUT2D eigenvalue weighted by molar-refractivity contribution is 6.16. The van der Waals surface area contributed by atoms with E-state index in [9.17, 15) is 9.90 Å². The molecule has 2 aromatic carbocycles. The quantitative estimate of drug-likeness (QED) is 0.642. The number of Topliss-reactive ketones (excluding diaryl/α,β-unsaturated/α-hetero) is 1. The highest BCUT2D eigenvalue weighted by atomic mass is 16.5. The zero-order chi connectivity index (χ0) is 23.7. The lowest BCUT2D eigenvalue weighted by Gasteiger charge is -2.31. The van der Waals surface area contributed by atoms with Gasteiger partial charge < -0.3 is 24.1 Å². The second-order valence-electron chi connectivity index (χ2n) is 8.77. The molecule has 2 aromatic rings. The van der Waals surface area contributed by atoms with Gasteiger partial charge in [-0.2, -0.15) is 0 Å². The molecule has 176 valence electrons. The van der Waals surface area contributed by atoms with Gasteiger partial charge in [-0.05, 0) is 56.0 Å². The van der Waals surface area contributed by atoms with E-state index in [1.807, 2.05) is 6.92 Å². The maximum absolute atomic E-state index is 13.3. The van der Waals surface area contributed by atoms with Crippen LogP contribution in [0.3, 0.4) is 0 Å². The van der Waals surface area contributed by atoms with Crippen molar-refractivity contribution in [1.29, 1.82) is 0 Å². The van der Waals surface area contributed by atoms with E-state index in [2.05, 4.69) is 11.8 Å². The van der Waals surface area contributed by atoms with Gasteiger partial charge in [0.25, 0.3) is 0 Å². The Bertz CT molecular complexity index is 1110. The Balaban J connectivity index is 1.73.